The van der Waals surface area contributed by atoms with Crippen LogP contribution in [0.4, 0.5) is 0 Å². The van der Waals surface area contributed by atoms with Crippen molar-refractivity contribution in [1.29, 1.82) is 0 Å². The van der Waals surface area contributed by atoms with Crippen LogP contribution in [-0.4, -0.2) is 7.11 Å². The second-order valence-electron chi connectivity index (χ2n) is 3.11. The molecule has 0 aliphatic carbocycles. The maximum atomic E-state index is 5.14. The fourth-order valence-electron chi connectivity index (χ4n) is 1.29. The molecule has 2 aromatic rings. The lowest BCUT2D eigenvalue weighted by Gasteiger charge is -1.99. The SMILES string of the molecule is COc1ccc(CNCc2cccs2)s1. The third-order valence-electron chi connectivity index (χ3n) is 2.02. The lowest BCUT2D eigenvalue weighted by molar-refractivity contribution is 0.427. The molecule has 2 rings (SSSR count). The number of thiophene rings is 2. The van der Waals surface area contributed by atoms with Gasteiger partial charge < -0.3 is 10.1 Å². The molecule has 0 unspecified atom stereocenters. The smallest absolute Gasteiger partial charge is 0.173 e. The normalized spacial score (nSPS) is 10.5. The molecule has 0 bridgehead atoms. The maximum absolute atomic E-state index is 5.14. The van der Waals surface area contributed by atoms with Crippen LogP contribution in [0.2, 0.25) is 0 Å². The number of nitrogens with one attached hydrogen (secondary N) is 1. The number of methoxy groups -OCH3 is 1. The molecule has 0 aliphatic heterocycles. The Morgan fingerprint density at radius 3 is 2.73 bits per heavy atom. The molecule has 0 atom stereocenters. The number of hydrogen-bond acceptors (Lipinski definition) is 4. The largest absolute Gasteiger partial charge is 0.487 e. The second kappa shape index (κ2) is 5.30. The van der Waals surface area contributed by atoms with Crippen LogP contribution in [0.1, 0.15) is 9.75 Å². The Balaban J connectivity index is 1.78. The van der Waals surface area contributed by atoms with Gasteiger partial charge in [0.1, 0.15) is 0 Å². The highest BCUT2D eigenvalue weighted by molar-refractivity contribution is 7.13. The standard InChI is InChI=1S/C11H13NOS2/c1-13-11-5-4-10(15-11)8-12-7-9-3-2-6-14-9/h2-6,12H,7-8H2,1H3. The lowest BCUT2D eigenvalue weighted by Crippen LogP contribution is -2.10. The Morgan fingerprint density at radius 2 is 2.07 bits per heavy atom. The van der Waals surface area contributed by atoms with Crippen LogP contribution in [0.25, 0.3) is 0 Å². The average Bonchev–Trinajstić information content (AvgIpc) is 2.88. The van der Waals surface area contributed by atoms with Gasteiger partial charge >= 0.3 is 0 Å². The molecule has 4 heteroatoms. The first-order valence-electron chi connectivity index (χ1n) is 4.74. The van der Waals surface area contributed by atoms with E-state index in [2.05, 4.69) is 28.9 Å². The summed E-state index contributed by atoms with van der Waals surface area (Å²) < 4.78 is 5.14. The van der Waals surface area contributed by atoms with Gasteiger partial charge in [0, 0.05) is 22.8 Å². The first-order chi connectivity index (χ1) is 7.38. The zero-order valence-electron chi connectivity index (χ0n) is 8.53. The van der Waals surface area contributed by atoms with Crippen LogP contribution >= 0.6 is 22.7 Å². The molecule has 0 fully saturated rings. The van der Waals surface area contributed by atoms with Crippen molar-refractivity contribution in [2.24, 2.45) is 0 Å². The molecule has 0 radical (unpaired) electrons. The summed E-state index contributed by atoms with van der Waals surface area (Å²) >= 11 is 3.47. The Labute approximate surface area is 97.5 Å². The third kappa shape index (κ3) is 3.06. The quantitative estimate of drug-likeness (QED) is 0.865. The van der Waals surface area contributed by atoms with Gasteiger partial charge in [-0.2, -0.15) is 0 Å². The van der Waals surface area contributed by atoms with Crippen LogP contribution in [0.3, 0.4) is 0 Å². The fraction of sp³-hybridized carbons (Fsp3) is 0.273. The van der Waals surface area contributed by atoms with Gasteiger partial charge in [-0.25, -0.2) is 0 Å². The van der Waals surface area contributed by atoms with E-state index >= 15 is 0 Å². The predicted molar refractivity (Wildman–Crippen MR) is 65.7 cm³/mol. The second-order valence-corrected chi connectivity index (χ2v) is 5.27. The summed E-state index contributed by atoms with van der Waals surface area (Å²) in [6.45, 7) is 1.85. The van der Waals surface area contributed by atoms with E-state index in [4.69, 9.17) is 4.74 Å². The van der Waals surface area contributed by atoms with Gasteiger partial charge in [-0.1, -0.05) is 6.07 Å². The number of rotatable bonds is 5. The van der Waals surface area contributed by atoms with Gasteiger partial charge in [0.05, 0.1) is 7.11 Å². The molecular weight excluding hydrogens is 226 g/mol. The number of ether oxygens (including phenoxy) is 1. The van der Waals surface area contributed by atoms with E-state index < -0.39 is 0 Å². The van der Waals surface area contributed by atoms with Crippen molar-refractivity contribution < 1.29 is 4.74 Å². The number of hydrogen-bond donors (Lipinski definition) is 1. The van der Waals surface area contributed by atoms with Crippen LogP contribution in [-0.2, 0) is 13.1 Å². The molecule has 0 saturated heterocycles. The topological polar surface area (TPSA) is 21.3 Å². The molecule has 80 valence electrons. The Kier molecular flexibility index (Phi) is 3.77. The van der Waals surface area contributed by atoms with Gasteiger partial charge in [-0.05, 0) is 23.6 Å². The van der Waals surface area contributed by atoms with Crippen molar-refractivity contribution in [2.45, 2.75) is 13.1 Å². The van der Waals surface area contributed by atoms with E-state index in [1.807, 2.05) is 6.07 Å². The molecule has 2 nitrogen and oxygen atoms in total. The van der Waals surface area contributed by atoms with Gasteiger partial charge in [0.25, 0.3) is 0 Å². The van der Waals surface area contributed by atoms with Crippen molar-refractivity contribution >= 4 is 22.7 Å². The molecule has 0 amide bonds. The lowest BCUT2D eigenvalue weighted by atomic mass is 10.4. The Bertz CT molecular complexity index is 394. The summed E-state index contributed by atoms with van der Waals surface area (Å²) in [4.78, 5) is 2.68. The van der Waals surface area contributed by atoms with Gasteiger partial charge in [0.2, 0.25) is 0 Å². The first-order valence-corrected chi connectivity index (χ1v) is 6.44. The maximum Gasteiger partial charge on any atom is 0.173 e. The monoisotopic (exact) mass is 239 g/mol. The van der Waals surface area contributed by atoms with E-state index in [-0.39, 0.29) is 0 Å². The van der Waals surface area contributed by atoms with E-state index in [0.29, 0.717) is 0 Å². The molecule has 0 spiro atoms. The summed E-state index contributed by atoms with van der Waals surface area (Å²) in [5.41, 5.74) is 0. The van der Waals surface area contributed by atoms with Crippen molar-refractivity contribution in [2.75, 3.05) is 7.11 Å². The molecule has 0 aromatic carbocycles. The average molecular weight is 239 g/mol. The molecule has 2 aromatic heterocycles. The third-order valence-corrected chi connectivity index (χ3v) is 3.94. The zero-order chi connectivity index (χ0) is 10.5. The zero-order valence-corrected chi connectivity index (χ0v) is 10.2. The van der Waals surface area contributed by atoms with Crippen molar-refractivity contribution in [1.82, 2.24) is 5.32 Å². The van der Waals surface area contributed by atoms with Crippen molar-refractivity contribution in [3.8, 4) is 5.06 Å². The van der Waals surface area contributed by atoms with Crippen molar-refractivity contribution in [3.63, 3.8) is 0 Å². The summed E-state index contributed by atoms with van der Waals surface area (Å²) in [6.07, 6.45) is 0. The summed E-state index contributed by atoms with van der Waals surface area (Å²) in [5, 5.41) is 6.48. The van der Waals surface area contributed by atoms with Crippen molar-refractivity contribution in [3.05, 3.63) is 39.4 Å². The highest BCUT2D eigenvalue weighted by Crippen LogP contribution is 2.23. The van der Waals surface area contributed by atoms with Gasteiger partial charge in [-0.3, -0.25) is 0 Å². The molecule has 15 heavy (non-hydrogen) atoms. The van der Waals surface area contributed by atoms with E-state index in [9.17, 15) is 0 Å². The van der Waals surface area contributed by atoms with Crippen LogP contribution in [0, 0.1) is 0 Å². The fourth-order valence-corrected chi connectivity index (χ4v) is 2.75. The van der Waals surface area contributed by atoms with Crippen LogP contribution in [0.5, 0.6) is 5.06 Å². The summed E-state index contributed by atoms with van der Waals surface area (Å²) in [6, 6.07) is 8.33. The molecule has 0 aliphatic rings. The molecule has 2 heterocycles. The van der Waals surface area contributed by atoms with Crippen LogP contribution in [0.15, 0.2) is 29.6 Å². The predicted octanol–water partition coefficient (Wildman–Crippen LogP) is 3.11. The van der Waals surface area contributed by atoms with Crippen LogP contribution < -0.4 is 10.1 Å². The molecular formula is C11H13NOS2. The minimum absolute atomic E-state index is 0.909. The Morgan fingerprint density at radius 1 is 1.20 bits per heavy atom. The minimum Gasteiger partial charge on any atom is -0.487 e. The summed E-state index contributed by atoms with van der Waals surface area (Å²) in [5.74, 6) is 0. The minimum atomic E-state index is 0.909. The first kappa shape index (κ1) is 10.7. The highest BCUT2D eigenvalue weighted by atomic mass is 32.1. The Hall–Kier alpha value is -0.840. The van der Waals surface area contributed by atoms with Gasteiger partial charge in [0.15, 0.2) is 5.06 Å². The molecule has 1 N–H and O–H groups in total. The van der Waals surface area contributed by atoms with E-state index in [0.717, 1.165) is 18.2 Å². The van der Waals surface area contributed by atoms with E-state index in [1.165, 1.54) is 9.75 Å². The summed E-state index contributed by atoms with van der Waals surface area (Å²) in [7, 11) is 1.70. The molecule has 0 saturated carbocycles. The van der Waals surface area contributed by atoms with E-state index in [1.54, 1.807) is 29.8 Å². The highest BCUT2D eigenvalue weighted by Gasteiger charge is 1.99. The van der Waals surface area contributed by atoms with Gasteiger partial charge in [-0.15, -0.1) is 22.7 Å².